The maximum absolute atomic E-state index is 11.9. The fourth-order valence-corrected chi connectivity index (χ4v) is 5.69. The van der Waals surface area contributed by atoms with Gasteiger partial charge in [-0.3, -0.25) is 4.40 Å². The van der Waals surface area contributed by atoms with Crippen LogP contribution in [0.25, 0.3) is 27.8 Å². The normalized spacial score (nSPS) is 17.8. The molecule has 0 radical (unpaired) electrons. The fraction of sp³-hybridized carbons (Fsp3) is 0.276. The maximum atomic E-state index is 11.9. The van der Waals surface area contributed by atoms with Gasteiger partial charge in [0, 0.05) is 42.3 Å². The number of aromatic amines is 1. The number of anilines is 1. The number of rotatable bonds is 6. The largest absolute Gasteiger partial charge is 0.465 e. The molecule has 4 N–H and O–H groups in total. The number of fused-ring (bicyclic) bond motifs is 2. The summed E-state index contributed by atoms with van der Waals surface area (Å²) in [6.45, 7) is 0.970. The molecule has 0 aliphatic heterocycles. The molecule has 8 nitrogen and oxygen atoms in total. The molecule has 1 amide bonds. The van der Waals surface area contributed by atoms with Crippen LogP contribution in [0.4, 0.5) is 10.6 Å². The number of hydrogen-bond donors (Lipinski definition) is 3. The Balaban J connectivity index is 1.23. The van der Waals surface area contributed by atoms with Gasteiger partial charge in [-0.1, -0.05) is 48.5 Å². The molecule has 0 unspecified atom stereocenters. The zero-order valence-corrected chi connectivity index (χ0v) is 20.5. The molecular weight excluding hydrogens is 464 g/mol. The van der Waals surface area contributed by atoms with Gasteiger partial charge in [-0.25, -0.2) is 14.8 Å². The first-order chi connectivity index (χ1) is 18.1. The minimum Gasteiger partial charge on any atom is -0.465 e. The van der Waals surface area contributed by atoms with Crippen LogP contribution in [-0.4, -0.2) is 42.0 Å². The first kappa shape index (κ1) is 23.1. The fourth-order valence-electron chi connectivity index (χ4n) is 5.69. The van der Waals surface area contributed by atoms with Crippen LogP contribution in [0.15, 0.2) is 73.1 Å². The number of nitrogens with one attached hydrogen (secondary N) is 1. The van der Waals surface area contributed by atoms with Gasteiger partial charge in [0.05, 0.1) is 5.69 Å². The van der Waals surface area contributed by atoms with Crippen molar-refractivity contribution < 1.29 is 9.90 Å². The van der Waals surface area contributed by atoms with Crippen molar-refractivity contribution in [3.8, 4) is 11.4 Å². The van der Waals surface area contributed by atoms with Crippen LogP contribution < -0.4 is 5.73 Å². The Kier molecular flexibility index (Phi) is 6.00. The molecule has 6 rings (SSSR count). The topological polar surface area (TPSA) is 113 Å². The number of carboxylic acid groups (broad SMARTS) is 1. The van der Waals surface area contributed by atoms with E-state index in [1.54, 1.807) is 11.1 Å². The number of hydrogen-bond acceptors (Lipinski definition) is 4. The molecule has 5 aromatic rings. The molecular formula is C29H30N6O2. The number of nitrogen functional groups attached to an aromatic ring is 1. The van der Waals surface area contributed by atoms with Gasteiger partial charge in [-0.15, -0.1) is 0 Å². The summed E-state index contributed by atoms with van der Waals surface area (Å²) in [5.41, 5.74) is 11.0. The number of benzene rings is 2. The molecule has 1 saturated carbocycles. The summed E-state index contributed by atoms with van der Waals surface area (Å²) < 4.78 is 2.09. The Bertz CT molecular complexity index is 1520. The number of imidazole rings is 1. The lowest BCUT2D eigenvalue weighted by Gasteiger charge is -2.31. The van der Waals surface area contributed by atoms with Crippen molar-refractivity contribution >= 4 is 28.3 Å². The van der Waals surface area contributed by atoms with Crippen molar-refractivity contribution in [1.29, 1.82) is 0 Å². The highest BCUT2D eigenvalue weighted by molar-refractivity contribution is 5.91. The molecule has 3 heterocycles. The summed E-state index contributed by atoms with van der Waals surface area (Å²) in [5.74, 6) is 2.07. The molecule has 0 spiro atoms. The van der Waals surface area contributed by atoms with E-state index < -0.39 is 6.09 Å². The van der Waals surface area contributed by atoms with Gasteiger partial charge in [0.1, 0.15) is 22.9 Å². The third-order valence-corrected chi connectivity index (χ3v) is 7.57. The molecule has 8 heteroatoms. The van der Waals surface area contributed by atoms with Crippen LogP contribution in [0.1, 0.15) is 43.0 Å². The molecule has 188 valence electrons. The van der Waals surface area contributed by atoms with Crippen molar-refractivity contribution in [2.24, 2.45) is 5.92 Å². The first-order valence-electron chi connectivity index (χ1n) is 12.8. The number of amides is 1. The number of H-pyrrole nitrogens is 1. The van der Waals surface area contributed by atoms with Crippen molar-refractivity contribution in [1.82, 2.24) is 24.3 Å². The third kappa shape index (κ3) is 4.50. The lowest BCUT2D eigenvalue weighted by molar-refractivity contribution is 0.126. The molecule has 37 heavy (non-hydrogen) atoms. The lowest BCUT2D eigenvalue weighted by Crippen LogP contribution is -2.35. The number of nitrogens with two attached hydrogens (primary N) is 1. The lowest BCUT2D eigenvalue weighted by atomic mass is 9.81. The number of para-hydroxylation sites is 1. The van der Waals surface area contributed by atoms with Crippen LogP contribution in [0.3, 0.4) is 0 Å². The van der Waals surface area contributed by atoms with E-state index in [0.29, 0.717) is 24.8 Å². The molecule has 0 atom stereocenters. The Morgan fingerprint density at radius 3 is 2.59 bits per heavy atom. The van der Waals surface area contributed by atoms with Gasteiger partial charge < -0.3 is 20.7 Å². The highest BCUT2D eigenvalue weighted by atomic mass is 16.4. The van der Waals surface area contributed by atoms with Crippen LogP contribution in [0, 0.1) is 5.92 Å². The Hall–Kier alpha value is -4.33. The minimum atomic E-state index is -0.865. The minimum absolute atomic E-state index is 0.274. The van der Waals surface area contributed by atoms with Crippen LogP contribution in [-0.2, 0) is 6.54 Å². The van der Waals surface area contributed by atoms with E-state index in [1.165, 1.54) is 0 Å². The van der Waals surface area contributed by atoms with E-state index >= 15 is 0 Å². The molecule has 0 bridgehead atoms. The van der Waals surface area contributed by atoms with E-state index in [0.717, 1.165) is 64.9 Å². The maximum Gasteiger partial charge on any atom is 0.407 e. The zero-order valence-electron chi connectivity index (χ0n) is 20.5. The smallest absolute Gasteiger partial charge is 0.407 e. The summed E-state index contributed by atoms with van der Waals surface area (Å²) in [6, 6.07) is 20.1. The molecule has 3 aromatic heterocycles. The van der Waals surface area contributed by atoms with Crippen molar-refractivity contribution in [2.75, 3.05) is 12.3 Å². The van der Waals surface area contributed by atoms with Gasteiger partial charge in [-0.2, -0.15) is 0 Å². The molecule has 2 aromatic carbocycles. The first-order valence-corrected chi connectivity index (χ1v) is 12.8. The Labute approximate surface area is 214 Å². The van der Waals surface area contributed by atoms with Gasteiger partial charge in [0.15, 0.2) is 0 Å². The van der Waals surface area contributed by atoms with Crippen LogP contribution in [0.2, 0.25) is 0 Å². The highest BCUT2D eigenvalue weighted by Gasteiger charge is 2.29. The average molecular weight is 495 g/mol. The van der Waals surface area contributed by atoms with E-state index in [4.69, 9.17) is 10.7 Å². The second kappa shape index (κ2) is 9.61. The Morgan fingerprint density at radius 1 is 1.08 bits per heavy atom. The average Bonchev–Trinajstić information content (AvgIpc) is 3.52. The van der Waals surface area contributed by atoms with Crippen molar-refractivity contribution in [2.45, 2.75) is 38.1 Å². The highest BCUT2D eigenvalue weighted by Crippen LogP contribution is 2.39. The van der Waals surface area contributed by atoms with Gasteiger partial charge >= 0.3 is 6.09 Å². The van der Waals surface area contributed by atoms with Gasteiger partial charge in [0.25, 0.3) is 0 Å². The summed E-state index contributed by atoms with van der Waals surface area (Å²) in [6.07, 6.45) is 6.63. The molecule has 1 fully saturated rings. The third-order valence-electron chi connectivity index (χ3n) is 7.57. The summed E-state index contributed by atoms with van der Waals surface area (Å²) in [7, 11) is 0. The van der Waals surface area contributed by atoms with Gasteiger partial charge in [-0.05, 0) is 49.3 Å². The van der Waals surface area contributed by atoms with E-state index in [-0.39, 0.29) is 5.92 Å². The van der Waals surface area contributed by atoms with Crippen molar-refractivity contribution in [3.63, 3.8) is 0 Å². The van der Waals surface area contributed by atoms with Crippen molar-refractivity contribution in [3.05, 3.63) is 84.4 Å². The zero-order chi connectivity index (χ0) is 25.4. The number of nitrogens with zero attached hydrogens (tertiary/aromatic N) is 4. The monoisotopic (exact) mass is 494 g/mol. The number of carbonyl (C=O) groups is 1. The molecule has 0 saturated heterocycles. The van der Waals surface area contributed by atoms with Crippen LogP contribution in [0.5, 0.6) is 0 Å². The van der Waals surface area contributed by atoms with Crippen LogP contribution >= 0.6 is 0 Å². The predicted octanol–water partition coefficient (Wildman–Crippen LogP) is 5.91. The van der Waals surface area contributed by atoms with E-state index in [2.05, 4.69) is 32.6 Å². The predicted molar refractivity (Wildman–Crippen MR) is 144 cm³/mol. The summed E-state index contributed by atoms with van der Waals surface area (Å²) >= 11 is 0. The number of aromatic nitrogens is 4. The quantitative estimate of drug-likeness (QED) is 0.271. The SMILES string of the molecule is Nc1nccn2c(C3CCC(CN(Cc4ccccc4)C(=O)O)CC3)nc(-c3cc4ccccc4[nH]3)c12. The summed E-state index contributed by atoms with van der Waals surface area (Å²) in [5, 5.41) is 10.9. The van der Waals surface area contributed by atoms with E-state index in [9.17, 15) is 9.90 Å². The standard InChI is InChI=1S/C29H30N6O2/c30-27-26-25(24-16-22-8-4-5-9-23(22)32-24)33-28(35(26)15-14-31-27)21-12-10-20(11-13-21)18-34(29(36)37)17-19-6-2-1-3-7-19/h1-9,14-16,20-21,32H,10-13,17-18H2,(H2,30,31)(H,36,37). The second-order valence-corrected chi connectivity index (χ2v) is 9.99. The second-order valence-electron chi connectivity index (χ2n) is 9.99. The molecule has 1 aliphatic carbocycles. The molecule has 1 aliphatic rings. The van der Waals surface area contributed by atoms with Gasteiger partial charge in [0.2, 0.25) is 0 Å². The van der Waals surface area contributed by atoms with E-state index in [1.807, 2.05) is 48.7 Å². The summed E-state index contributed by atoms with van der Waals surface area (Å²) in [4.78, 5) is 26.4. The Morgan fingerprint density at radius 2 is 1.84 bits per heavy atom.